The number of rotatable bonds is 4. The van der Waals surface area contributed by atoms with E-state index in [1.807, 2.05) is 31.2 Å². The van der Waals surface area contributed by atoms with E-state index in [2.05, 4.69) is 5.10 Å². The number of nitrogens with zero attached hydrogens (tertiary/aromatic N) is 2. The van der Waals surface area contributed by atoms with Gasteiger partial charge in [-0.15, -0.1) is 0 Å². The van der Waals surface area contributed by atoms with Crippen molar-refractivity contribution in [3.05, 3.63) is 41.2 Å². The highest BCUT2D eigenvalue weighted by Crippen LogP contribution is 2.24. The van der Waals surface area contributed by atoms with Crippen molar-refractivity contribution in [3.8, 4) is 11.1 Å². The van der Waals surface area contributed by atoms with Crippen LogP contribution >= 0.6 is 11.6 Å². The molecule has 18 heavy (non-hydrogen) atoms. The molecule has 0 saturated carbocycles. The lowest BCUT2D eigenvalue weighted by Gasteiger charge is -2.04. The molecule has 0 atom stereocenters. The highest BCUT2D eigenvalue weighted by Gasteiger charge is 2.09. The molecule has 0 unspecified atom stereocenters. The first-order valence-electron chi connectivity index (χ1n) is 5.58. The van der Waals surface area contributed by atoms with Crippen LogP contribution in [0.4, 0.5) is 0 Å². The Hall–Kier alpha value is -1.81. The highest BCUT2D eigenvalue weighted by molar-refractivity contribution is 6.30. The predicted molar refractivity (Wildman–Crippen MR) is 69.7 cm³/mol. The Balaban J connectivity index is 2.25. The Morgan fingerprint density at radius 1 is 1.39 bits per heavy atom. The van der Waals surface area contributed by atoms with Crippen molar-refractivity contribution in [3.63, 3.8) is 0 Å². The number of carboxylic acids is 1. The van der Waals surface area contributed by atoms with E-state index in [0.29, 0.717) is 11.6 Å². The molecule has 4 nitrogen and oxygen atoms in total. The Labute approximate surface area is 110 Å². The quantitative estimate of drug-likeness (QED) is 0.924. The van der Waals surface area contributed by atoms with Gasteiger partial charge in [0.15, 0.2) is 0 Å². The summed E-state index contributed by atoms with van der Waals surface area (Å²) < 4.78 is 1.71. The van der Waals surface area contributed by atoms with Crippen LogP contribution in [0, 0.1) is 6.92 Å². The van der Waals surface area contributed by atoms with E-state index in [1.165, 1.54) is 0 Å². The molecule has 0 aliphatic rings. The van der Waals surface area contributed by atoms with Crippen molar-refractivity contribution in [1.29, 1.82) is 0 Å². The van der Waals surface area contributed by atoms with Crippen molar-refractivity contribution in [1.82, 2.24) is 9.78 Å². The number of halogens is 1. The van der Waals surface area contributed by atoms with Crippen LogP contribution in [0.3, 0.4) is 0 Å². The summed E-state index contributed by atoms with van der Waals surface area (Å²) in [6, 6.07) is 7.50. The zero-order valence-electron chi connectivity index (χ0n) is 9.93. The molecule has 2 aromatic rings. The number of hydrogen-bond donors (Lipinski definition) is 1. The molecule has 1 N–H and O–H groups in total. The van der Waals surface area contributed by atoms with Crippen LogP contribution in [0.2, 0.25) is 5.02 Å². The van der Waals surface area contributed by atoms with Gasteiger partial charge in [-0.05, 0) is 24.6 Å². The lowest BCUT2D eigenvalue weighted by atomic mass is 10.1. The minimum atomic E-state index is -0.821. The normalized spacial score (nSPS) is 10.6. The zero-order chi connectivity index (χ0) is 13.1. The fraction of sp³-hybridized carbons (Fsp3) is 0.231. The number of hydrogen-bond acceptors (Lipinski definition) is 2. The van der Waals surface area contributed by atoms with Crippen LogP contribution in [0.5, 0.6) is 0 Å². The van der Waals surface area contributed by atoms with Gasteiger partial charge in [-0.1, -0.05) is 23.7 Å². The van der Waals surface area contributed by atoms with Crippen molar-refractivity contribution in [2.45, 2.75) is 19.9 Å². The van der Waals surface area contributed by atoms with Crippen LogP contribution in [0.25, 0.3) is 11.1 Å². The molecule has 1 heterocycles. The summed E-state index contributed by atoms with van der Waals surface area (Å²) in [6.45, 7) is 2.31. The lowest BCUT2D eigenvalue weighted by Crippen LogP contribution is -2.07. The first-order chi connectivity index (χ1) is 8.58. The SMILES string of the molecule is Cc1c(-c2ccc(Cl)cc2)cnn1CCC(=O)O. The maximum atomic E-state index is 10.5. The molecule has 0 amide bonds. The highest BCUT2D eigenvalue weighted by atomic mass is 35.5. The van der Waals surface area contributed by atoms with Gasteiger partial charge >= 0.3 is 5.97 Å². The summed E-state index contributed by atoms with van der Waals surface area (Å²) in [5, 5.41) is 13.6. The smallest absolute Gasteiger partial charge is 0.305 e. The average molecular weight is 265 g/mol. The van der Waals surface area contributed by atoms with E-state index in [9.17, 15) is 4.79 Å². The topological polar surface area (TPSA) is 55.1 Å². The summed E-state index contributed by atoms with van der Waals surface area (Å²) in [4.78, 5) is 10.5. The van der Waals surface area contributed by atoms with Crippen molar-refractivity contribution >= 4 is 17.6 Å². The average Bonchev–Trinajstić information content (AvgIpc) is 2.69. The third-order valence-corrected chi connectivity index (χ3v) is 3.05. The number of carboxylic acid groups (broad SMARTS) is 1. The van der Waals surface area contributed by atoms with Gasteiger partial charge < -0.3 is 5.11 Å². The number of benzene rings is 1. The van der Waals surface area contributed by atoms with E-state index >= 15 is 0 Å². The van der Waals surface area contributed by atoms with Gasteiger partial charge in [0.1, 0.15) is 0 Å². The molecule has 0 saturated heterocycles. The summed E-state index contributed by atoms with van der Waals surface area (Å²) in [5.74, 6) is -0.821. The summed E-state index contributed by atoms with van der Waals surface area (Å²) in [5.41, 5.74) is 2.98. The number of carbonyl (C=O) groups is 1. The van der Waals surface area contributed by atoms with Crippen LogP contribution in [0.1, 0.15) is 12.1 Å². The van der Waals surface area contributed by atoms with E-state index in [4.69, 9.17) is 16.7 Å². The zero-order valence-corrected chi connectivity index (χ0v) is 10.7. The summed E-state index contributed by atoms with van der Waals surface area (Å²) in [6.07, 6.45) is 1.82. The van der Waals surface area contributed by atoms with Gasteiger partial charge in [0, 0.05) is 16.3 Å². The van der Waals surface area contributed by atoms with Gasteiger partial charge in [0.05, 0.1) is 19.2 Å². The van der Waals surface area contributed by atoms with Crippen molar-refractivity contribution < 1.29 is 9.90 Å². The second-order valence-corrected chi connectivity index (χ2v) is 4.45. The lowest BCUT2D eigenvalue weighted by molar-refractivity contribution is -0.137. The Morgan fingerprint density at radius 2 is 2.06 bits per heavy atom. The summed E-state index contributed by atoms with van der Waals surface area (Å²) >= 11 is 5.84. The molecule has 0 aliphatic carbocycles. The van der Waals surface area contributed by atoms with E-state index < -0.39 is 5.97 Å². The maximum Gasteiger partial charge on any atom is 0.305 e. The minimum Gasteiger partial charge on any atom is -0.481 e. The van der Waals surface area contributed by atoms with Crippen molar-refractivity contribution in [2.24, 2.45) is 0 Å². The first kappa shape index (κ1) is 12.6. The molecule has 0 fully saturated rings. The molecule has 1 aromatic carbocycles. The van der Waals surface area contributed by atoms with Crippen LogP contribution < -0.4 is 0 Å². The largest absolute Gasteiger partial charge is 0.481 e. The molecule has 5 heteroatoms. The molecule has 0 spiro atoms. The first-order valence-corrected chi connectivity index (χ1v) is 5.96. The number of aromatic nitrogens is 2. The Bertz CT molecular complexity index is 561. The molecular weight excluding hydrogens is 252 g/mol. The van der Waals surface area contributed by atoms with Crippen LogP contribution in [0.15, 0.2) is 30.5 Å². The molecule has 0 radical (unpaired) electrons. The van der Waals surface area contributed by atoms with Gasteiger partial charge in [0.2, 0.25) is 0 Å². The van der Waals surface area contributed by atoms with Gasteiger partial charge in [-0.2, -0.15) is 5.10 Å². The van der Waals surface area contributed by atoms with E-state index in [-0.39, 0.29) is 6.42 Å². The number of aliphatic carboxylic acids is 1. The van der Waals surface area contributed by atoms with Gasteiger partial charge in [0.25, 0.3) is 0 Å². The monoisotopic (exact) mass is 264 g/mol. The molecule has 0 aliphatic heterocycles. The molecule has 1 aromatic heterocycles. The standard InChI is InChI=1S/C13H13ClN2O2/c1-9-12(10-2-4-11(14)5-3-10)8-15-16(9)7-6-13(17)18/h2-5,8H,6-7H2,1H3,(H,17,18). The molecule has 0 bridgehead atoms. The number of aryl methyl sites for hydroxylation is 1. The third kappa shape index (κ3) is 2.71. The van der Waals surface area contributed by atoms with Crippen molar-refractivity contribution in [2.75, 3.05) is 0 Å². The Morgan fingerprint density at radius 3 is 2.67 bits per heavy atom. The minimum absolute atomic E-state index is 0.0720. The summed E-state index contributed by atoms with van der Waals surface area (Å²) in [7, 11) is 0. The third-order valence-electron chi connectivity index (χ3n) is 2.80. The predicted octanol–water partition coefficient (Wildman–Crippen LogP) is 2.99. The Kier molecular flexibility index (Phi) is 3.67. The fourth-order valence-electron chi connectivity index (χ4n) is 1.79. The van der Waals surface area contributed by atoms with E-state index in [0.717, 1.165) is 16.8 Å². The second kappa shape index (κ2) is 5.23. The fourth-order valence-corrected chi connectivity index (χ4v) is 1.91. The van der Waals surface area contributed by atoms with Crippen LogP contribution in [-0.2, 0) is 11.3 Å². The molecular formula is C13H13ClN2O2. The van der Waals surface area contributed by atoms with Crippen LogP contribution in [-0.4, -0.2) is 20.9 Å². The van der Waals surface area contributed by atoms with E-state index in [1.54, 1.807) is 10.9 Å². The molecule has 94 valence electrons. The second-order valence-electron chi connectivity index (χ2n) is 4.02. The van der Waals surface area contributed by atoms with Gasteiger partial charge in [-0.25, -0.2) is 0 Å². The maximum absolute atomic E-state index is 10.5. The molecule has 2 rings (SSSR count). The van der Waals surface area contributed by atoms with Gasteiger partial charge in [-0.3, -0.25) is 9.48 Å².